The van der Waals surface area contributed by atoms with Crippen molar-refractivity contribution >= 4 is 17.9 Å². The highest BCUT2D eigenvalue weighted by molar-refractivity contribution is 5.92. The largest absolute Gasteiger partial charge is 0.481 e. The molecule has 0 fully saturated rings. The van der Waals surface area contributed by atoms with Gasteiger partial charge in [-0.05, 0) is 17.7 Å². The number of ether oxygens (including phenoxy) is 2. The van der Waals surface area contributed by atoms with Crippen LogP contribution in [0.3, 0.4) is 0 Å². The van der Waals surface area contributed by atoms with Crippen LogP contribution in [0.2, 0.25) is 0 Å². The molecule has 0 aliphatic rings. The molecule has 1 N–H and O–H groups in total. The first kappa shape index (κ1) is 13.6. The van der Waals surface area contributed by atoms with E-state index in [0.29, 0.717) is 0 Å². The molecule has 18 heavy (non-hydrogen) atoms. The number of carbonyl (C=O) groups excluding carboxylic acids is 2. The maximum absolute atomic E-state index is 11.3. The van der Waals surface area contributed by atoms with Crippen molar-refractivity contribution < 1.29 is 29.0 Å². The maximum atomic E-state index is 11.3. The third-order valence-corrected chi connectivity index (χ3v) is 2.03. The summed E-state index contributed by atoms with van der Waals surface area (Å²) >= 11 is 0. The molecular formula is C11H11NO6. The highest BCUT2D eigenvalue weighted by Crippen LogP contribution is 2.09. The lowest BCUT2D eigenvalue weighted by molar-refractivity contribution is -0.136. The van der Waals surface area contributed by atoms with Crippen molar-refractivity contribution in [3.63, 3.8) is 0 Å². The van der Waals surface area contributed by atoms with E-state index in [-0.39, 0.29) is 23.4 Å². The van der Waals surface area contributed by atoms with Crippen molar-refractivity contribution in [2.75, 3.05) is 14.2 Å². The molecule has 7 nitrogen and oxygen atoms in total. The molecule has 0 bridgehead atoms. The molecule has 0 atom stereocenters. The second-order valence-electron chi connectivity index (χ2n) is 3.30. The number of pyridine rings is 1. The zero-order valence-electron chi connectivity index (χ0n) is 9.80. The molecule has 0 saturated heterocycles. The Bertz CT molecular complexity index is 462. The molecule has 96 valence electrons. The van der Waals surface area contributed by atoms with Gasteiger partial charge in [0.05, 0.1) is 20.6 Å². The second-order valence-corrected chi connectivity index (χ2v) is 3.30. The van der Waals surface area contributed by atoms with Crippen LogP contribution in [0.5, 0.6) is 0 Å². The summed E-state index contributed by atoms with van der Waals surface area (Å²) in [6, 6.07) is 2.51. The Labute approximate surface area is 102 Å². The van der Waals surface area contributed by atoms with E-state index in [1.807, 2.05) is 0 Å². The fourth-order valence-corrected chi connectivity index (χ4v) is 1.28. The summed E-state index contributed by atoms with van der Waals surface area (Å²) in [4.78, 5) is 37.0. The van der Waals surface area contributed by atoms with Crippen molar-refractivity contribution in [1.29, 1.82) is 0 Å². The van der Waals surface area contributed by atoms with E-state index in [0.717, 1.165) is 14.2 Å². The number of hydrogen-bond donors (Lipinski definition) is 1. The molecule has 0 aromatic carbocycles. The van der Waals surface area contributed by atoms with Gasteiger partial charge in [-0.3, -0.25) is 4.79 Å². The fraction of sp³-hybridized carbons (Fsp3) is 0.273. The van der Waals surface area contributed by atoms with E-state index in [4.69, 9.17) is 5.11 Å². The third-order valence-electron chi connectivity index (χ3n) is 2.03. The number of aromatic nitrogens is 1. The van der Waals surface area contributed by atoms with Gasteiger partial charge >= 0.3 is 17.9 Å². The van der Waals surface area contributed by atoms with Gasteiger partial charge in [0, 0.05) is 0 Å². The Morgan fingerprint density at radius 1 is 1.11 bits per heavy atom. The second kappa shape index (κ2) is 5.76. The van der Waals surface area contributed by atoms with Crippen LogP contribution in [0.1, 0.15) is 26.5 Å². The van der Waals surface area contributed by atoms with Gasteiger partial charge in [0.1, 0.15) is 11.4 Å². The van der Waals surface area contributed by atoms with E-state index < -0.39 is 17.9 Å². The number of carboxylic acids is 1. The van der Waals surface area contributed by atoms with Crippen LogP contribution in [0, 0.1) is 0 Å². The van der Waals surface area contributed by atoms with Crippen LogP contribution < -0.4 is 0 Å². The number of carboxylic acid groups (broad SMARTS) is 1. The summed E-state index contributed by atoms with van der Waals surface area (Å²) in [5.74, 6) is -2.60. The maximum Gasteiger partial charge on any atom is 0.356 e. The van der Waals surface area contributed by atoms with Crippen LogP contribution in [0.4, 0.5) is 0 Å². The average Bonchev–Trinajstić information content (AvgIpc) is 2.35. The molecule has 0 unspecified atom stereocenters. The number of carbonyl (C=O) groups is 3. The molecule has 0 aliphatic carbocycles. The summed E-state index contributed by atoms with van der Waals surface area (Å²) in [7, 11) is 2.32. The van der Waals surface area contributed by atoms with Crippen molar-refractivity contribution in [2.24, 2.45) is 0 Å². The molecule has 0 saturated carbocycles. The van der Waals surface area contributed by atoms with Crippen molar-refractivity contribution in [2.45, 2.75) is 6.42 Å². The molecular weight excluding hydrogens is 242 g/mol. The highest BCUT2D eigenvalue weighted by Gasteiger charge is 2.16. The number of rotatable bonds is 4. The van der Waals surface area contributed by atoms with Crippen molar-refractivity contribution in [1.82, 2.24) is 4.98 Å². The number of methoxy groups -OCH3 is 2. The van der Waals surface area contributed by atoms with Gasteiger partial charge < -0.3 is 14.6 Å². The van der Waals surface area contributed by atoms with Gasteiger partial charge in [0.15, 0.2) is 0 Å². The van der Waals surface area contributed by atoms with Crippen molar-refractivity contribution in [3.05, 3.63) is 29.1 Å². The summed E-state index contributed by atoms with van der Waals surface area (Å²) in [5.41, 5.74) is -0.0217. The van der Waals surface area contributed by atoms with E-state index in [1.54, 1.807) is 0 Å². The van der Waals surface area contributed by atoms with Crippen LogP contribution in [0.25, 0.3) is 0 Å². The van der Waals surface area contributed by atoms with Crippen LogP contribution in [0.15, 0.2) is 12.1 Å². The van der Waals surface area contributed by atoms with Crippen LogP contribution in [-0.4, -0.2) is 42.2 Å². The van der Waals surface area contributed by atoms with E-state index in [9.17, 15) is 14.4 Å². The van der Waals surface area contributed by atoms with E-state index in [1.165, 1.54) is 12.1 Å². The number of esters is 2. The molecule has 7 heteroatoms. The first-order valence-electron chi connectivity index (χ1n) is 4.87. The van der Waals surface area contributed by atoms with Crippen molar-refractivity contribution in [3.8, 4) is 0 Å². The lowest BCUT2D eigenvalue weighted by atomic mass is 10.1. The van der Waals surface area contributed by atoms with E-state index in [2.05, 4.69) is 14.5 Å². The van der Waals surface area contributed by atoms with E-state index >= 15 is 0 Å². The van der Waals surface area contributed by atoms with Gasteiger partial charge in [-0.15, -0.1) is 0 Å². The average molecular weight is 253 g/mol. The fourth-order valence-electron chi connectivity index (χ4n) is 1.28. The summed E-state index contributed by atoms with van der Waals surface area (Å²) < 4.78 is 8.93. The lowest BCUT2D eigenvalue weighted by Gasteiger charge is -2.05. The summed E-state index contributed by atoms with van der Waals surface area (Å²) in [5, 5.41) is 8.69. The molecule has 1 aromatic rings. The Hall–Kier alpha value is -2.44. The van der Waals surface area contributed by atoms with Gasteiger partial charge in [-0.1, -0.05) is 0 Å². The minimum absolute atomic E-state index is 0.142. The summed E-state index contributed by atoms with van der Waals surface area (Å²) in [6.07, 6.45) is -0.337. The highest BCUT2D eigenvalue weighted by atomic mass is 16.5. The molecule has 0 amide bonds. The Balaban J connectivity index is 3.23. The first-order valence-corrected chi connectivity index (χ1v) is 4.87. The molecule has 1 rings (SSSR count). The quantitative estimate of drug-likeness (QED) is 0.768. The smallest absolute Gasteiger partial charge is 0.356 e. The van der Waals surface area contributed by atoms with Gasteiger partial charge in [0.2, 0.25) is 0 Å². The molecule has 1 heterocycles. The Kier molecular flexibility index (Phi) is 4.36. The predicted octanol–water partition coefficient (Wildman–Crippen LogP) is 0.282. The number of aliphatic carboxylic acids is 1. The standard InChI is InChI=1S/C11H11NO6/c1-17-10(15)7-3-6(5-9(13)14)4-8(12-7)11(16)18-2/h3-4H,5H2,1-2H3,(H,13,14). The first-order chi connectivity index (χ1) is 8.47. The SMILES string of the molecule is COC(=O)c1cc(CC(=O)O)cc(C(=O)OC)n1. The minimum atomic E-state index is -1.09. The van der Waals surface area contributed by atoms with Gasteiger partial charge in [0.25, 0.3) is 0 Å². The Morgan fingerprint density at radius 2 is 1.56 bits per heavy atom. The van der Waals surface area contributed by atoms with Crippen LogP contribution in [-0.2, 0) is 20.7 Å². The zero-order valence-corrected chi connectivity index (χ0v) is 9.80. The monoisotopic (exact) mass is 253 g/mol. The topological polar surface area (TPSA) is 103 Å². The predicted molar refractivity (Wildman–Crippen MR) is 58.3 cm³/mol. The minimum Gasteiger partial charge on any atom is -0.481 e. The normalized spacial score (nSPS) is 9.67. The zero-order chi connectivity index (χ0) is 13.7. The summed E-state index contributed by atoms with van der Waals surface area (Å²) in [6.45, 7) is 0. The molecule has 0 spiro atoms. The molecule has 0 radical (unpaired) electrons. The third kappa shape index (κ3) is 3.27. The Morgan fingerprint density at radius 3 is 1.89 bits per heavy atom. The van der Waals surface area contributed by atoms with Gasteiger partial charge in [-0.2, -0.15) is 0 Å². The molecule has 0 aliphatic heterocycles. The number of hydrogen-bond acceptors (Lipinski definition) is 6. The number of nitrogens with zero attached hydrogens (tertiary/aromatic N) is 1. The van der Waals surface area contributed by atoms with Gasteiger partial charge in [-0.25, -0.2) is 14.6 Å². The molecule has 1 aromatic heterocycles. The lowest BCUT2D eigenvalue weighted by Crippen LogP contribution is -2.13. The van der Waals surface area contributed by atoms with Crippen LogP contribution >= 0.6 is 0 Å².